The third kappa shape index (κ3) is 3.42. The van der Waals surface area contributed by atoms with E-state index < -0.39 is 0 Å². The first-order valence-electron chi connectivity index (χ1n) is 8.15. The minimum Gasteiger partial charge on any atom is -0.367 e. The number of rotatable bonds is 4. The summed E-state index contributed by atoms with van der Waals surface area (Å²) < 4.78 is 1.13. The Morgan fingerprint density at radius 2 is 1.96 bits per heavy atom. The van der Waals surface area contributed by atoms with Gasteiger partial charge in [0.05, 0.1) is 11.6 Å². The molecule has 0 atom stereocenters. The number of H-pyrrole nitrogens is 1. The molecule has 0 unspecified atom stereocenters. The minimum atomic E-state index is 0.444. The van der Waals surface area contributed by atoms with Crippen LogP contribution in [0.5, 0.6) is 0 Å². The van der Waals surface area contributed by atoms with Crippen LogP contribution < -0.4 is 5.32 Å². The number of nitrogens with one attached hydrogen (secondary N) is 2. The van der Waals surface area contributed by atoms with Crippen molar-refractivity contribution >= 4 is 32.8 Å². The van der Waals surface area contributed by atoms with Gasteiger partial charge in [-0.05, 0) is 30.5 Å². The average molecular weight is 387 g/mol. The zero-order valence-electron chi connectivity index (χ0n) is 13.2. The van der Waals surface area contributed by atoms with Crippen molar-refractivity contribution in [1.82, 2.24) is 25.1 Å². The molecule has 3 aromatic rings. The molecule has 0 aliphatic carbocycles. The van der Waals surface area contributed by atoms with Gasteiger partial charge in [0.15, 0.2) is 5.65 Å². The summed E-state index contributed by atoms with van der Waals surface area (Å²) in [6.45, 7) is 3.19. The van der Waals surface area contributed by atoms with Gasteiger partial charge in [0, 0.05) is 30.1 Å². The number of piperidine rings is 1. The van der Waals surface area contributed by atoms with Crippen LogP contribution in [0.4, 0.5) is 5.82 Å². The molecule has 24 heavy (non-hydrogen) atoms. The maximum atomic E-state index is 4.37. The zero-order chi connectivity index (χ0) is 16.4. The van der Waals surface area contributed by atoms with E-state index >= 15 is 0 Å². The first-order chi connectivity index (χ1) is 11.8. The number of fused-ring (bicyclic) bond motifs is 1. The summed E-state index contributed by atoms with van der Waals surface area (Å²) in [7, 11) is 0. The van der Waals surface area contributed by atoms with Crippen LogP contribution in [0, 0.1) is 0 Å². The maximum Gasteiger partial charge on any atom is 0.160 e. The monoisotopic (exact) mass is 386 g/mol. The van der Waals surface area contributed by atoms with Crippen molar-refractivity contribution in [2.75, 3.05) is 18.4 Å². The molecule has 0 radical (unpaired) electrons. The number of halogens is 1. The Morgan fingerprint density at radius 1 is 1.17 bits per heavy atom. The van der Waals surface area contributed by atoms with Crippen LogP contribution in [0.15, 0.2) is 41.3 Å². The van der Waals surface area contributed by atoms with Gasteiger partial charge in [0.2, 0.25) is 0 Å². The van der Waals surface area contributed by atoms with Gasteiger partial charge < -0.3 is 5.32 Å². The molecule has 7 heteroatoms. The van der Waals surface area contributed by atoms with Gasteiger partial charge in [-0.1, -0.05) is 28.1 Å². The Balaban J connectivity index is 1.34. The molecule has 1 fully saturated rings. The molecule has 1 aromatic carbocycles. The molecule has 1 saturated heterocycles. The number of benzene rings is 1. The topological polar surface area (TPSA) is 69.7 Å². The van der Waals surface area contributed by atoms with E-state index in [1.54, 1.807) is 12.5 Å². The van der Waals surface area contributed by atoms with Gasteiger partial charge in [-0.2, -0.15) is 5.10 Å². The molecule has 0 saturated carbocycles. The highest BCUT2D eigenvalue weighted by atomic mass is 79.9. The minimum absolute atomic E-state index is 0.444. The average Bonchev–Trinajstić information content (AvgIpc) is 3.08. The summed E-state index contributed by atoms with van der Waals surface area (Å²) in [4.78, 5) is 11.1. The third-order valence-electron chi connectivity index (χ3n) is 4.50. The molecule has 2 aromatic heterocycles. The molecule has 0 amide bonds. The molecule has 0 bridgehead atoms. The van der Waals surface area contributed by atoms with Crippen molar-refractivity contribution in [3.8, 4) is 0 Å². The van der Waals surface area contributed by atoms with Crippen molar-refractivity contribution < 1.29 is 0 Å². The van der Waals surface area contributed by atoms with E-state index in [-0.39, 0.29) is 0 Å². The Bertz CT molecular complexity index is 807. The molecule has 1 aliphatic heterocycles. The number of aromatic nitrogens is 4. The molecule has 3 heterocycles. The van der Waals surface area contributed by atoms with Gasteiger partial charge in [0.25, 0.3) is 0 Å². The molecule has 124 valence electrons. The van der Waals surface area contributed by atoms with Gasteiger partial charge in [0.1, 0.15) is 12.1 Å². The number of hydrogen-bond donors (Lipinski definition) is 2. The van der Waals surface area contributed by atoms with E-state index in [4.69, 9.17) is 0 Å². The lowest BCUT2D eigenvalue weighted by molar-refractivity contribution is 0.211. The van der Waals surface area contributed by atoms with Gasteiger partial charge in [-0.25, -0.2) is 9.97 Å². The van der Waals surface area contributed by atoms with Crippen LogP contribution in [0.1, 0.15) is 18.4 Å². The smallest absolute Gasteiger partial charge is 0.160 e. The normalized spacial score (nSPS) is 16.5. The fraction of sp³-hybridized carbons (Fsp3) is 0.353. The second-order valence-corrected chi connectivity index (χ2v) is 7.09. The van der Waals surface area contributed by atoms with Crippen molar-refractivity contribution in [3.63, 3.8) is 0 Å². The van der Waals surface area contributed by atoms with Gasteiger partial charge in [-0.15, -0.1) is 0 Å². The van der Waals surface area contributed by atoms with Crippen LogP contribution in [0.25, 0.3) is 11.0 Å². The molecular weight excluding hydrogens is 368 g/mol. The summed E-state index contributed by atoms with van der Waals surface area (Å²) in [5.74, 6) is 0.875. The third-order valence-corrected chi connectivity index (χ3v) is 5.02. The lowest BCUT2D eigenvalue weighted by atomic mass is 10.0. The standard InChI is InChI=1S/C17H19BrN6/c18-13-3-1-12(2-4-13)10-24-7-5-14(6-8-24)22-16-15-9-21-23-17(15)20-11-19-16/h1-4,9,11,14H,5-8,10H2,(H2,19,20,21,22,23). The number of nitrogens with zero attached hydrogens (tertiary/aromatic N) is 4. The van der Waals surface area contributed by atoms with E-state index in [0.29, 0.717) is 6.04 Å². The molecular formula is C17H19BrN6. The Kier molecular flexibility index (Phi) is 4.44. The SMILES string of the molecule is Brc1ccc(CN2CCC(Nc3ncnc4[nH]ncc34)CC2)cc1. The first-order valence-corrected chi connectivity index (χ1v) is 8.94. The fourth-order valence-corrected chi connectivity index (χ4v) is 3.42. The number of aromatic amines is 1. The Labute approximate surface area is 148 Å². The van der Waals surface area contributed by atoms with Crippen molar-refractivity contribution in [3.05, 3.63) is 46.8 Å². The van der Waals surface area contributed by atoms with Crippen molar-refractivity contribution in [2.45, 2.75) is 25.4 Å². The van der Waals surface area contributed by atoms with Crippen LogP contribution >= 0.6 is 15.9 Å². The summed E-state index contributed by atoms with van der Waals surface area (Å²) >= 11 is 3.49. The lowest BCUT2D eigenvalue weighted by Crippen LogP contribution is -2.38. The van der Waals surface area contributed by atoms with Crippen LogP contribution in [-0.4, -0.2) is 44.2 Å². The van der Waals surface area contributed by atoms with Gasteiger partial charge in [-0.3, -0.25) is 10.00 Å². The Hall–Kier alpha value is -1.99. The molecule has 1 aliphatic rings. The van der Waals surface area contributed by atoms with E-state index in [1.165, 1.54) is 5.56 Å². The predicted octanol–water partition coefficient (Wildman–Crippen LogP) is 3.19. The highest BCUT2D eigenvalue weighted by Crippen LogP contribution is 2.21. The summed E-state index contributed by atoms with van der Waals surface area (Å²) in [5, 5.41) is 11.4. The second-order valence-electron chi connectivity index (χ2n) is 6.18. The molecule has 6 nitrogen and oxygen atoms in total. The van der Waals surface area contributed by atoms with E-state index in [2.05, 4.69) is 70.6 Å². The van der Waals surface area contributed by atoms with E-state index in [1.807, 2.05) is 0 Å². The molecule has 0 spiro atoms. The summed E-state index contributed by atoms with van der Waals surface area (Å²) in [6.07, 6.45) is 5.57. The maximum absolute atomic E-state index is 4.37. The largest absolute Gasteiger partial charge is 0.367 e. The van der Waals surface area contributed by atoms with E-state index in [9.17, 15) is 0 Å². The van der Waals surface area contributed by atoms with Crippen molar-refractivity contribution in [1.29, 1.82) is 0 Å². The highest BCUT2D eigenvalue weighted by molar-refractivity contribution is 9.10. The molecule has 4 rings (SSSR count). The van der Waals surface area contributed by atoms with Crippen LogP contribution in [0.2, 0.25) is 0 Å². The Morgan fingerprint density at radius 3 is 2.75 bits per heavy atom. The summed E-state index contributed by atoms with van der Waals surface area (Å²) in [6, 6.07) is 9.03. The second kappa shape index (κ2) is 6.86. The highest BCUT2D eigenvalue weighted by Gasteiger charge is 2.20. The van der Waals surface area contributed by atoms with E-state index in [0.717, 1.165) is 53.8 Å². The number of hydrogen-bond acceptors (Lipinski definition) is 5. The quantitative estimate of drug-likeness (QED) is 0.720. The zero-order valence-corrected chi connectivity index (χ0v) is 14.8. The molecule has 2 N–H and O–H groups in total. The number of anilines is 1. The lowest BCUT2D eigenvalue weighted by Gasteiger charge is -2.32. The predicted molar refractivity (Wildman–Crippen MR) is 97.7 cm³/mol. The number of likely N-dealkylation sites (tertiary alicyclic amines) is 1. The van der Waals surface area contributed by atoms with Gasteiger partial charge >= 0.3 is 0 Å². The summed E-state index contributed by atoms with van der Waals surface area (Å²) in [5.41, 5.74) is 2.14. The van der Waals surface area contributed by atoms with Crippen LogP contribution in [-0.2, 0) is 6.54 Å². The van der Waals surface area contributed by atoms with Crippen molar-refractivity contribution in [2.24, 2.45) is 0 Å². The fourth-order valence-electron chi connectivity index (χ4n) is 3.16. The van der Waals surface area contributed by atoms with Crippen LogP contribution in [0.3, 0.4) is 0 Å². The first kappa shape index (κ1) is 15.5.